The number of nitrogens with two attached hydrogens (primary N) is 1. The molecule has 0 radical (unpaired) electrons. The number of benzene rings is 2. The molecular weight excluding hydrogens is 395 g/mol. The second-order valence-electron chi connectivity index (χ2n) is 6.18. The van der Waals surface area contributed by atoms with Crippen molar-refractivity contribution in [2.24, 2.45) is 5.73 Å². The van der Waals surface area contributed by atoms with Gasteiger partial charge in [0, 0.05) is 20.2 Å². The molecule has 0 fully saturated rings. The molecule has 2 aromatic carbocycles. The van der Waals surface area contributed by atoms with Crippen LogP contribution < -0.4 is 5.73 Å². The van der Waals surface area contributed by atoms with Crippen molar-refractivity contribution in [2.45, 2.75) is 33.1 Å². The zero-order valence-electron chi connectivity index (χ0n) is 13.7. The Balaban J connectivity index is 2.19. The molecule has 0 bridgehead atoms. The summed E-state index contributed by atoms with van der Waals surface area (Å²) in [6, 6.07) is 13.2. The van der Waals surface area contributed by atoms with E-state index in [0.717, 1.165) is 25.8 Å². The third-order valence-electron chi connectivity index (χ3n) is 4.49. The van der Waals surface area contributed by atoms with Gasteiger partial charge in [0.2, 0.25) is 0 Å². The lowest BCUT2D eigenvalue weighted by atomic mass is 9.97. The molecule has 3 aromatic rings. The van der Waals surface area contributed by atoms with Crippen molar-refractivity contribution >= 4 is 33.5 Å². The topological polar surface area (TPSA) is 41.8 Å². The molecule has 2 nitrogen and oxygen atoms in total. The van der Waals surface area contributed by atoms with Crippen molar-refractivity contribution < 1.29 is 0 Å². The maximum atomic E-state index is 5.69. The zero-order chi connectivity index (χ0) is 16.4. The Labute approximate surface area is 151 Å². The van der Waals surface area contributed by atoms with Crippen molar-refractivity contribution in [1.29, 1.82) is 0 Å². The molecule has 0 spiro atoms. The molecule has 1 aromatic heterocycles. The van der Waals surface area contributed by atoms with Crippen LogP contribution in [0.25, 0.3) is 22.2 Å². The first-order chi connectivity index (χ1) is 11.1. The summed E-state index contributed by atoms with van der Waals surface area (Å²) in [5, 5.41) is 1.40. The third kappa shape index (κ3) is 3.31. The standard InChI is InChI=1S/C20H23IN2/c1-13-6-7-14(2)19-18(13)17(5-3-4-12-22)20(23-19)15-8-10-16(21)11-9-15/h6-11,23H,3-5,12,22H2,1-2H3. The van der Waals surface area contributed by atoms with E-state index in [1.165, 1.54) is 42.4 Å². The van der Waals surface area contributed by atoms with E-state index in [2.05, 4.69) is 77.8 Å². The van der Waals surface area contributed by atoms with Crippen LogP contribution in [-0.2, 0) is 6.42 Å². The molecule has 120 valence electrons. The van der Waals surface area contributed by atoms with E-state index in [0.29, 0.717) is 0 Å². The van der Waals surface area contributed by atoms with Gasteiger partial charge in [-0.05, 0) is 96.6 Å². The van der Waals surface area contributed by atoms with Gasteiger partial charge in [-0.1, -0.05) is 24.3 Å². The van der Waals surface area contributed by atoms with E-state index >= 15 is 0 Å². The summed E-state index contributed by atoms with van der Waals surface area (Å²) in [6.07, 6.45) is 3.28. The minimum atomic E-state index is 0.763. The highest BCUT2D eigenvalue weighted by Gasteiger charge is 2.15. The fraction of sp³-hybridized carbons (Fsp3) is 0.300. The lowest BCUT2D eigenvalue weighted by Gasteiger charge is -2.07. The molecule has 3 N–H and O–H groups in total. The number of H-pyrrole nitrogens is 1. The molecule has 0 unspecified atom stereocenters. The number of halogens is 1. The van der Waals surface area contributed by atoms with Crippen molar-refractivity contribution in [1.82, 2.24) is 4.98 Å². The Bertz CT molecular complexity index is 816. The largest absolute Gasteiger partial charge is 0.354 e. The molecule has 0 aliphatic heterocycles. The van der Waals surface area contributed by atoms with Crippen molar-refractivity contribution in [3.63, 3.8) is 0 Å². The highest BCUT2D eigenvalue weighted by molar-refractivity contribution is 14.1. The maximum absolute atomic E-state index is 5.69. The second kappa shape index (κ2) is 7.05. The van der Waals surface area contributed by atoms with Crippen LogP contribution in [0.1, 0.15) is 29.5 Å². The van der Waals surface area contributed by atoms with Gasteiger partial charge < -0.3 is 10.7 Å². The normalized spacial score (nSPS) is 11.3. The maximum Gasteiger partial charge on any atom is 0.0497 e. The second-order valence-corrected chi connectivity index (χ2v) is 7.43. The summed E-state index contributed by atoms with van der Waals surface area (Å²) in [5.41, 5.74) is 13.6. The Kier molecular flexibility index (Phi) is 5.07. The van der Waals surface area contributed by atoms with Crippen LogP contribution in [0.15, 0.2) is 36.4 Å². The molecule has 0 atom stereocenters. The highest BCUT2D eigenvalue weighted by Crippen LogP contribution is 2.35. The summed E-state index contributed by atoms with van der Waals surface area (Å²) in [6.45, 7) is 5.15. The van der Waals surface area contributed by atoms with E-state index in [1.807, 2.05) is 0 Å². The minimum absolute atomic E-state index is 0.763. The molecule has 1 heterocycles. The molecule has 0 aliphatic rings. The van der Waals surface area contributed by atoms with Crippen LogP contribution in [0, 0.1) is 17.4 Å². The number of hydrogen-bond acceptors (Lipinski definition) is 1. The Hall–Kier alpha value is -1.33. The fourth-order valence-corrected chi connectivity index (χ4v) is 3.61. The molecule has 0 amide bonds. The van der Waals surface area contributed by atoms with Gasteiger partial charge in [-0.25, -0.2) is 0 Å². The van der Waals surface area contributed by atoms with E-state index < -0.39 is 0 Å². The number of unbranched alkanes of at least 4 members (excludes halogenated alkanes) is 1. The van der Waals surface area contributed by atoms with Crippen LogP contribution in [0.2, 0.25) is 0 Å². The fourth-order valence-electron chi connectivity index (χ4n) is 3.25. The quantitative estimate of drug-likeness (QED) is 0.427. The van der Waals surface area contributed by atoms with Gasteiger partial charge in [-0.2, -0.15) is 0 Å². The summed E-state index contributed by atoms with van der Waals surface area (Å²) in [4.78, 5) is 3.70. The first-order valence-corrected chi connectivity index (χ1v) is 9.26. The predicted molar refractivity (Wildman–Crippen MR) is 108 cm³/mol. The van der Waals surface area contributed by atoms with Crippen LogP contribution in [0.4, 0.5) is 0 Å². The summed E-state index contributed by atoms with van der Waals surface area (Å²) < 4.78 is 1.26. The number of hydrogen-bond donors (Lipinski definition) is 2. The monoisotopic (exact) mass is 418 g/mol. The van der Waals surface area contributed by atoms with Gasteiger partial charge in [-0.3, -0.25) is 0 Å². The Morgan fingerprint density at radius 1 is 0.957 bits per heavy atom. The Morgan fingerprint density at radius 3 is 2.35 bits per heavy atom. The first kappa shape index (κ1) is 16.5. The van der Waals surface area contributed by atoms with Crippen molar-refractivity contribution in [3.05, 3.63) is 56.7 Å². The summed E-state index contributed by atoms with van der Waals surface area (Å²) in [7, 11) is 0. The lowest BCUT2D eigenvalue weighted by Crippen LogP contribution is -1.99. The number of nitrogens with one attached hydrogen (secondary N) is 1. The molecule has 23 heavy (non-hydrogen) atoms. The van der Waals surface area contributed by atoms with Crippen LogP contribution in [0.3, 0.4) is 0 Å². The number of aromatic amines is 1. The Morgan fingerprint density at radius 2 is 1.65 bits per heavy atom. The van der Waals surface area contributed by atoms with Gasteiger partial charge in [0.25, 0.3) is 0 Å². The number of aryl methyl sites for hydroxylation is 3. The SMILES string of the molecule is Cc1ccc(C)c2c(CCCCN)c(-c3ccc(I)cc3)[nH]c12. The third-order valence-corrected chi connectivity index (χ3v) is 5.21. The average Bonchev–Trinajstić information content (AvgIpc) is 2.93. The zero-order valence-corrected chi connectivity index (χ0v) is 15.9. The van der Waals surface area contributed by atoms with Gasteiger partial charge in [0.15, 0.2) is 0 Å². The van der Waals surface area contributed by atoms with E-state index in [4.69, 9.17) is 5.73 Å². The first-order valence-electron chi connectivity index (χ1n) is 8.18. The van der Waals surface area contributed by atoms with Crippen LogP contribution >= 0.6 is 22.6 Å². The number of aromatic nitrogens is 1. The molecule has 0 saturated carbocycles. The van der Waals surface area contributed by atoms with Gasteiger partial charge in [-0.15, -0.1) is 0 Å². The van der Waals surface area contributed by atoms with E-state index in [-0.39, 0.29) is 0 Å². The summed E-state index contributed by atoms with van der Waals surface area (Å²) >= 11 is 2.35. The van der Waals surface area contributed by atoms with Crippen molar-refractivity contribution in [2.75, 3.05) is 6.54 Å². The average molecular weight is 418 g/mol. The molecule has 0 aliphatic carbocycles. The van der Waals surface area contributed by atoms with Crippen molar-refractivity contribution in [3.8, 4) is 11.3 Å². The van der Waals surface area contributed by atoms with Crippen LogP contribution in [0.5, 0.6) is 0 Å². The predicted octanol–water partition coefficient (Wildman–Crippen LogP) is 5.34. The van der Waals surface area contributed by atoms with Gasteiger partial charge >= 0.3 is 0 Å². The minimum Gasteiger partial charge on any atom is -0.354 e. The summed E-state index contributed by atoms with van der Waals surface area (Å²) in [5.74, 6) is 0. The smallest absolute Gasteiger partial charge is 0.0497 e. The van der Waals surface area contributed by atoms with Gasteiger partial charge in [0.1, 0.15) is 0 Å². The van der Waals surface area contributed by atoms with Gasteiger partial charge in [0.05, 0.1) is 0 Å². The van der Waals surface area contributed by atoms with E-state index in [1.54, 1.807) is 0 Å². The van der Waals surface area contributed by atoms with E-state index in [9.17, 15) is 0 Å². The highest BCUT2D eigenvalue weighted by atomic mass is 127. The molecule has 0 saturated heterocycles. The van der Waals surface area contributed by atoms with Crippen LogP contribution in [-0.4, -0.2) is 11.5 Å². The lowest BCUT2D eigenvalue weighted by molar-refractivity contribution is 0.748. The number of fused-ring (bicyclic) bond motifs is 1. The molecule has 3 rings (SSSR count). The molecular formula is C20H23IN2. The number of rotatable bonds is 5. The molecule has 3 heteroatoms.